The Morgan fingerprint density at radius 2 is 2.00 bits per heavy atom. The largest absolute Gasteiger partial charge is 0.326 e. The predicted molar refractivity (Wildman–Crippen MR) is 61.5 cm³/mol. The number of hydrogen-bond acceptors (Lipinski definition) is 4. The molecule has 0 aliphatic rings. The van der Waals surface area contributed by atoms with Gasteiger partial charge in [0.15, 0.2) is 0 Å². The molecule has 16 heavy (non-hydrogen) atoms. The van der Waals surface area contributed by atoms with Crippen LogP contribution in [-0.4, -0.2) is 8.42 Å². The Bertz CT molecular complexity index is 547. The Labute approximate surface area is 99.1 Å². The second-order valence-electron chi connectivity index (χ2n) is 3.20. The Hall–Kier alpha value is -1.09. The highest BCUT2D eigenvalue weighted by atomic mass is 35.7. The lowest BCUT2D eigenvalue weighted by Crippen LogP contribution is -2.07. The van der Waals surface area contributed by atoms with E-state index in [1.807, 2.05) is 6.07 Å². The van der Waals surface area contributed by atoms with Crippen LogP contribution < -0.4 is 5.73 Å². The average molecular weight is 259 g/mol. The molecule has 1 aromatic carbocycles. The molecule has 0 atom stereocenters. The summed E-state index contributed by atoms with van der Waals surface area (Å²) in [6.45, 7) is 1.90. The molecule has 0 aromatic heterocycles. The van der Waals surface area contributed by atoms with Gasteiger partial charge in [-0.05, 0) is 17.5 Å². The molecule has 0 fully saturated rings. The first-order valence-corrected chi connectivity index (χ1v) is 6.96. The van der Waals surface area contributed by atoms with Crippen LogP contribution in [0.4, 0.5) is 0 Å². The highest BCUT2D eigenvalue weighted by Crippen LogP contribution is 2.27. The first kappa shape index (κ1) is 13.0. The molecule has 86 valence electrons. The lowest BCUT2D eigenvalue weighted by Gasteiger charge is -2.10. The maximum Gasteiger partial charge on any atom is 0.262 e. The van der Waals surface area contributed by atoms with E-state index in [-0.39, 0.29) is 17.0 Å². The van der Waals surface area contributed by atoms with Crippen molar-refractivity contribution >= 4 is 19.7 Å². The maximum absolute atomic E-state index is 11.4. The zero-order valence-corrected chi connectivity index (χ0v) is 10.3. The van der Waals surface area contributed by atoms with Crippen LogP contribution in [0, 0.1) is 11.3 Å². The molecule has 4 nitrogen and oxygen atoms in total. The highest BCUT2D eigenvalue weighted by Gasteiger charge is 2.22. The van der Waals surface area contributed by atoms with E-state index in [1.54, 1.807) is 19.1 Å². The van der Waals surface area contributed by atoms with Gasteiger partial charge in [-0.25, -0.2) is 8.42 Å². The zero-order chi connectivity index (χ0) is 12.3. The molecule has 0 saturated heterocycles. The fraction of sp³-hybridized carbons (Fsp3) is 0.300. The third-order valence-corrected chi connectivity index (χ3v) is 3.70. The summed E-state index contributed by atoms with van der Waals surface area (Å²) in [5, 5.41) is 8.99. The van der Waals surface area contributed by atoms with Crippen LogP contribution in [0.3, 0.4) is 0 Å². The van der Waals surface area contributed by atoms with Crippen molar-refractivity contribution in [1.29, 1.82) is 5.26 Å². The molecule has 0 amide bonds. The summed E-state index contributed by atoms with van der Waals surface area (Å²) in [7, 11) is 1.41. The van der Waals surface area contributed by atoms with Crippen molar-refractivity contribution in [2.45, 2.75) is 24.8 Å². The molecule has 0 unspecified atom stereocenters. The Morgan fingerprint density at radius 3 is 2.38 bits per heavy atom. The van der Waals surface area contributed by atoms with Crippen LogP contribution in [0.15, 0.2) is 17.0 Å². The van der Waals surface area contributed by atoms with Crippen molar-refractivity contribution in [3.8, 4) is 6.07 Å². The molecule has 6 heteroatoms. The normalized spacial score (nSPS) is 11.1. The van der Waals surface area contributed by atoms with Gasteiger partial charge in [0.2, 0.25) is 0 Å². The van der Waals surface area contributed by atoms with Gasteiger partial charge in [-0.15, -0.1) is 0 Å². The summed E-state index contributed by atoms with van der Waals surface area (Å²) in [5.74, 6) is 0. The van der Waals surface area contributed by atoms with Gasteiger partial charge >= 0.3 is 0 Å². The maximum atomic E-state index is 11.4. The van der Waals surface area contributed by atoms with Gasteiger partial charge in [0.05, 0.1) is 5.56 Å². The lowest BCUT2D eigenvalue weighted by atomic mass is 10.0. The molecular weight excluding hydrogens is 248 g/mol. The van der Waals surface area contributed by atoms with Crippen LogP contribution in [0.25, 0.3) is 0 Å². The number of rotatable bonds is 3. The summed E-state index contributed by atoms with van der Waals surface area (Å²) in [4.78, 5) is -0.109. The van der Waals surface area contributed by atoms with Gasteiger partial charge in [0.1, 0.15) is 11.0 Å². The van der Waals surface area contributed by atoms with Gasteiger partial charge in [-0.1, -0.05) is 19.1 Å². The lowest BCUT2D eigenvalue weighted by molar-refractivity contribution is 0.608. The van der Waals surface area contributed by atoms with Crippen molar-refractivity contribution in [3.05, 3.63) is 28.8 Å². The Morgan fingerprint density at radius 1 is 1.44 bits per heavy atom. The van der Waals surface area contributed by atoms with Crippen LogP contribution in [0.1, 0.15) is 23.6 Å². The molecule has 0 bridgehead atoms. The standard InChI is InChI=1S/C10H11ClN2O2S/c1-2-7-3-4-8(5-12)9(6-13)10(7)16(11,14)15/h3-4H,2,5,12H2,1H3. The second kappa shape index (κ2) is 4.83. The fourth-order valence-corrected chi connectivity index (χ4v) is 2.99. The number of nitrogens with zero attached hydrogens (tertiary/aromatic N) is 1. The van der Waals surface area contributed by atoms with E-state index in [4.69, 9.17) is 21.7 Å². The third kappa shape index (κ3) is 2.35. The molecular formula is C10H11ClN2O2S. The molecule has 1 rings (SSSR count). The van der Waals surface area contributed by atoms with E-state index in [0.29, 0.717) is 17.5 Å². The Balaban J connectivity index is 3.72. The fourth-order valence-electron chi connectivity index (χ4n) is 1.52. The minimum atomic E-state index is -3.93. The average Bonchev–Trinajstić information content (AvgIpc) is 2.25. The van der Waals surface area contributed by atoms with Crippen LogP contribution in [0.2, 0.25) is 0 Å². The second-order valence-corrected chi connectivity index (χ2v) is 5.70. The van der Waals surface area contributed by atoms with Crippen LogP contribution in [0.5, 0.6) is 0 Å². The SMILES string of the molecule is CCc1ccc(CN)c(C#N)c1S(=O)(=O)Cl. The molecule has 0 heterocycles. The number of nitriles is 1. The van der Waals surface area contributed by atoms with Gasteiger partial charge in [-0.2, -0.15) is 5.26 Å². The van der Waals surface area contributed by atoms with Crippen LogP contribution in [-0.2, 0) is 22.0 Å². The molecule has 0 spiro atoms. The summed E-state index contributed by atoms with van der Waals surface area (Å²) in [6, 6.07) is 5.15. The van der Waals surface area contributed by atoms with Crippen molar-refractivity contribution in [1.82, 2.24) is 0 Å². The third-order valence-electron chi connectivity index (χ3n) is 2.28. The van der Waals surface area contributed by atoms with Gasteiger partial charge in [0.25, 0.3) is 9.05 Å². The minimum absolute atomic E-state index is 0.0526. The molecule has 0 aliphatic heterocycles. The minimum Gasteiger partial charge on any atom is -0.326 e. The van der Waals surface area contributed by atoms with E-state index in [1.165, 1.54) is 0 Å². The van der Waals surface area contributed by atoms with E-state index >= 15 is 0 Å². The molecule has 0 saturated carbocycles. The number of nitrogens with two attached hydrogens (primary N) is 1. The van der Waals surface area contributed by atoms with E-state index in [2.05, 4.69) is 0 Å². The van der Waals surface area contributed by atoms with Crippen LogP contribution >= 0.6 is 10.7 Å². The van der Waals surface area contributed by atoms with Crippen molar-refractivity contribution in [3.63, 3.8) is 0 Å². The number of aryl methyl sites for hydroxylation is 1. The van der Waals surface area contributed by atoms with E-state index in [9.17, 15) is 8.42 Å². The number of benzene rings is 1. The molecule has 1 aromatic rings. The predicted octanol–water partition coefficient (Wildman–Crippen LogP) is 1.51. The smallest absolute Gasteiger partial charge is 0.262 e. The van der Waals surface area contributed by atoms with Crippen molar-refractivity contribution in [2.24, 2.45) is 5.73 Å². The molecule has 2 N–H and O–H groups in total. The summed E-state index contributed by atoms with van der Waals surface area (Å²) in [5.41, 5.74) is 6.51. The zero-order valence-electron chi connectivity index (χ0n) is 8.70. The topological polar surface area (TPSA) is 83.9 Å². The monoisotopic (exact) mass is 258 g/mol. The first-order valence-electron chi connectivity index (χ1n) is 4.65. The van der Waals surface area contributed by atoms with E-state index in [0.717, 1.165) is 0 Å². The highest BCUT2D eigenvalue weighted by molar-refractivity contribution is 8.13. The summed E-state index contributed by atoms with van der Waals surface area (Å²) < 4.78 is 22.9. The van der Waals surface area contributed by atoms with Gasteiger partial charge in [0, 0.05) is 17.2 Å². The van der Waals surface area contributed by atoms with Crippen molar-refractivity contribution in [2.75, 3.05) is 0 Å². The molecule has 0 radical (unpaired) electrons. The van der Waals surface area contributed by atoms with Gasteiger partial charge in [-0.3, -0.25) is 0 Å². The number of halogens is 1. The first-order chi connectivity index (χ1) is 7.45. The number of hydrogen-bond donors (Lipinski definition) is 1. The van der Waals surface area contributed by atoms with E-state index < -0.39 is 9.05 Å². The quantitative estimate of drug-likeness (QED) is 0.833. The summed E-state index contributed by atoms with van der Waals surface area (Å²) >= 11 is 0. The molecule has 0 aliphatic carbocycles. The van der Waals surface area contributed by atoms with Gasteiger partial charge < -0.3 is 5.73 Å². The summed E-state index contributed by atoms with van der Waals surface area (Å²) in [6.07, 6.45) is 0.487. The Kier molecular flexibility index (Phi) is 3.92. The van der Waals surface area contributed by atoms with Crippen molar-refractivity contribution < 1.29 is 8.42 Å².